The fourth-order valence-corrected chi connectivity index (χ4v) is 3.94. The van der Waals surface area contributed by atoms with Crippen LogP contribution in [-0.4, -0.2) is 29.2 Å². The van der Waals surface area contributed by atoms with E-state index < -0.39 is 0 Å². The van der Waals surface area contributed by atoms with Gasteiger partial charge in [0.2, 0.25) is 0 Å². The minimum Gasteiger partial charge on any atom is -0.299 e. The van der Waals surface area contributed by atoms with Gasteiger partial charge in [-0.25, -0.2) is 24.8 Å². The highest BCUT2D eigenvalue weighted by Crippen LogP contribution is 2.37. The predicted molar refractivity (Wildman–Crippen MR) is 113 cm³/mol. The molecule has 4 N–H and O–H groups in total. The van der Waals surface area contributed by atoms with E-state index in [1.165, 1.54) is 0 Å². The molecule has 0 saturated carbocycles. The molecule has 8 heteroatoms. The quantitative estimate of drug-likeness (QED) is 0.321. The Morgan fingerprint density at radius 3 is 2.83 bits per heavy atom. The number of nitrogens with two attached hydrogens (primary N) is 1. The van der Waals surface area contributed by atoms with E-state index in [1.54, 1.807) is 11.2 Å². The number of rotatable bonds is 3. The number of benzene rings is 2. The highest BCUT2D eigenvalue weighted by Gasteiger charge is 2.22. The molecular weight excluding hydrogens is 364 g/mol. The molecule has 0 aliphatic heterocycles. The van der Waals surface area contributed by atoms with Crippen LogP contribution in [0.5, 0.6) is 0 Å². The van der Waals surface area contributed by atoms with Crippen molar-refractivity contribution in [3.8, 4) is 11.3 Å². The third-order valence-electron chi connectivity index (χ3n) is 5.32. The van der Waals surface area contributed by atoms with Crippen molar-refractivity contribution >= 4 is 33.7 Å². The van der Waals surface area contributed by atoms with Crippen molar-refractivity contribution in [1.29, 1.82) is 0 Å². The summed E-state index contributed by atoms with van der Waals surface area (Å²) in [6.07, 6.45) is 5.51. The van der Waals surface area contributed by atoms with Gasteiger partial charge in [0.15, 0.2) is 11.3 Å². The normalized spacial score (nSPS) is 11.8. The second kappa shape index (κ2) is 5.73. The Bertz CT molecular complexity index is 1480. The number of imidazole rings is 2. The first-order chi connectivity index (χ1) is 14.2. The van der Waals surface area contributed by atoms with E-state index in [1.807, 2.05) is 52.6 Å². The van der Waals surface area contributed by atoms with E-state index in [-0.39, 0.29) is 0 Å². The molecule has 0 fully saturated rings. The van der Waals surface area contributed by atoms with Crippen molar-refractivity contribution in [1.82, 2.24) is 29.2 Å². The molecule has 6 aromatic rings. The first-order valence-corrected chi connectivity index (χ1v) is 9.32. The molecule has 8 nitrogen and oxygen atoms in total. The Morgan fingerprint density at radius 1 is 1.10 bits per heavy atom. The van der Waals surface area contributed by atoms with Crippen LogP contribution in [0, 0.1) is 6.92 Å². The highest BCUT2D eigenvalue weighted by molar-refractivity contribution is 5.92. The lowest BCUT2D eigenvalue weighted by Crippen LogP contribution is -2.26. The maximum atomic E-state index is 6.72. The fraction of sp³-hybridized carbons (Fsp3) is 0.0476. The molecule has 0 radical (unpaired) electrons. The van der Waals surface area contributed by atoms with Crippen LogP contribution in [0.4, 0.5) is 11.4 Å². The standard InChI is InChI=1S/C21H18N8/c1-13-11-15-17(29-18(25-15)7-8-24-29)12-16(13)28(22)20-19(14-5-3-2-4-6-14)26-27-10-9-23-21(20)27/h2-12,24,26H,22H2,1H3. The summed E-state index contributed by atoms with van der Waals surface area (Å²) < 4.78 is 3.83. The molecule has 4 aromatic heterocycles. The fourth-order valence-electron chi connectivity index (χ4n) is 3.94. The molecule has 0 saturated heterocycles. The molecule has 4 heterocycles. The lowest BCUT2D eigenvalue weighted by Gasteiger charge is -2.21. The zero-order valence-electron chi connectivity index (χ0n) is 15.7. The number of hydrogen-bond donors (Lipinski definition) is 3. The molecule has 0 amide bonds. The molecule has 0 atom stereocenters. The van der Waals surface area contributed by atoms with Gasteiger partial charge in [0.25, 0.3) is 0 Å². The van der Waals surface area contributed by atoms with E-state index in [0.717, 1.165) is 50.5 Å². The predicted octanol–water partition coefficient (Wildman–Crippen LogP) is 3.78. The van der Waals surface area contributed by atoms with Gasteiger partial charge in [0.05, 0.1) is 22.4 Å². The van der Waals surface area contributed by atoms with Crippen LogP contribution < -0.4 is 10.9 Å². The summed E-state index contributed by atoms with van der Waals surface area (Å²) in [5.74, 6) is 6.72. The lowest BCUT2D eigenvalue weighted by molar-refractivity contribution is 0.978. The Balaban J connectivity index is 1.60. The second-order valence-electron chi connectivity index (χ2n) is 7.09. The largest absolute Gasteiger partial charge is 0.299 e. The third kappa shape index (κ3) is 2.23. The number of hydrogen-bond acceptors (Lipinski definition) is 4. The van der Waals surface area contributed by atoms with Crippen LogP contribution in [0.2, 0.25) is 0 Å². The summed E-state index contributed by atoms with van der Waals surface area (Å²) >= 11 is 0. The number of aryl methyl sites for hydroxylation is 1. The minimum absolute atomic E-state index is 0.768. The van der Waals surface area contributed by atoms with Gasteiger partial charge in [-0.05, 0) is 24.6 Å². The van der Waals surface area contributed by atoms with Gasteiger partial charge in [-0.2, -0.15) is 0 Å². The van der Waals surface area contributed by atoms with Crippen LogP contribution in [0.15, 0.2) is 67.1 Å². The van der Waals surface area contributed by atoms with E-state index in [2.05, 4.69) is 44.4 Å². The molecule has 6 rings (SSSR count). The number of fused-ring (bicyclic) bond motifs is 4. The number of aromatic nitrogens is 6. The number of anilines is 2. The topological polar surface area (TPSA) is 95.4 Å². The zero-order valence-corrected chi connectivity index (χ0v) is 15.7. The maximum absolute atomic E-state index is 6.72. The summed E-state index contributed by atoms with van der Waals surface area (Å²) in [4.78, 5) is 9.18. The molecule has 0 unspecified atom stereocenters. The van der Waals surface area contributed by atoms with Crippen molar-refractivity contribution in [2.24, 2.45) is 5.84 Å². The van der Waals surface area contributed by atoms with Gasteiger partial charge in [0, 0.05) is 30.2 Å². The van der Waals surface area contributed by atoms with E-state index in [0.29, 0.717) is 0 Å². The number of nitrogens with zero attached hydrogens (tertiary/aromatic N) is 5. The molecule has 0 aliphatic carbocycles. The first-order valence-electron chi connectivity index (χ1n) is 9.32. The number of H-pyrrole nitrogens is 2. The first kappa shape index (κ1) is 16.0. The SMILES string of the molecule is Cc1cc2nc3cc[nH]n3c2cc1N(N)c1c(-c2ccccc2)[nH]n2ccnc12. The third-order valence-corrected chi connectivity index (χ3v) is 5.32. The number of hydrazine groups is 1. The summed E-state index contributed by atoms with van der Waals surface area (Å²) in [7, 11) is 0. The molecular formula is C21H18N8. The van der Waals surface area contributed by atoms with Crippen molar-refractivity contribution in [2.45, 2.75) is 6.92 Å². The van der Waals surface area contributed by atoms with Gasteiger partial charge in [-0.1, -0.05) is 30.3 Å². The van der Waals surface area contributed by atoms with Gasteiger partial charge in [-0.3, -0.25) is 15.2 Å². The van der Waals surface area contributed by atoms with Gasteiger partial charge in [0.1, 0.15) is 5.69 Å². The van der Waals surface area contributed by atoms with Crippen molar-refractivity contribution in [3.63, 3.8) is 0 Å². The van der Waals surface area contributed by atoms with Crippen molar-refractivity contribution in [2.75, 3.05) is 5.01 Å². The van der Waals surface area contributed by atoms with E-state index in [4.69, 9.17) is 5.84 Å². The molecule has 29 heavy (non-hydrogen) atoms. The van der Waals surface area contributed by atoms with E-state index in [9.17, 15) is 0 Å². The van der Waals surface area contributed by atoms with Crippen LogP contribution in [0.1, 0.15) is 5.56 Å². The van der Waals surface area contributed by atoms with Crippen LogP contribution >= 0.6 is 0 Å². The summed E-state index contributed by atoms with van der Waals surface area (Å²) in [5.41, 5.74) is 8.23. The minimum atomic E-state index is 0.768. The number of nitrogens with one attached hydrogen (secondary N) is 2. The average Bonchev–Trinajstić information content (AvgIpc) is 3.47. The summed E-state index contributed by atoms with van der Waals surface area (Å²) in [5, 5.41) is 8.30. The smallest absolute Gasteiger partial charge is 0.179 e. The number of aromatic amines is 2. The van der Waals surface area contributed by atoms with Gasteiger partial charge >= 0.3 is 0 Å². The van der Waals surface area contributed by atoms with Gasteiger partial charge in [-0.15, -0.1) is 0 Å². The van der Waals surface area contributed by atoms with Crippen LogP contribution in [-0.2, 0) is 0 Å². The average molecular weight is 382 g/mol. The lowest BCUT2D eigenvalue weighted by atomic mass is 10.1. The molecule has 0 spiro atoms. The summed E-state index contributed by atoms with van der Waals surface area (Å²) in [6.45, 7) is 2.04. The van der Waals surface area contributed by atoms with Crippen LogP contribution in [0.3, 0.4) is 0 Å². The Kier molecular flexibility index (Phi) is 3.15. The highest BCUT2D eigenvalue weighted by atomic mass is 15.4. The Labute approximate surface area is 165 Å². The Morgan fingerprint density at radius 2 is 1.97 bits per heavy atom. The molecule has 2 aromatic carbocycles. The Hall–Kier alpha value is -4.04. The maximum Gasteiger partial charge on any atom is 0.179 e. The van der Waals surface area contributed by atoms with E-state index >= 15 is 0 Å². The van der Waals surface area contributed by atoms with Crippen molar-refractivity contribution in [3.05, 3.63) is 72.7 Å². The summed E-state index contributed by atoms with van der Waals surface area (Å²) in [6, 6.07) is 16.2. The monoisotopic (exact) mass is 382 g/mol. The van der Waals surface area contributed by atoms with Crippen molar-refractivity contribution < 1.29 is 0 Å². The molecule has 0 bridgehead atoms. The second-order valence-corrected chi connectivity index (χ2v) is 7.09. The zero-order chi connectivity index (χ0) is 19.5. The van der Waals surface area contributed by atoms with Gasteiger partial charge < -0.3 is 0 Å². The van der Waals surface area contributed by atoms with Crippen LogP contribution in [0.25, 0.3) is 33.6 Å². The molecule has 142 valence electrons. The molecule has 0 aliphatic rings.